The van der Waals surface area contributed by atoms with Gasteiger partial charge in [-0.25, -0.2) is 14.4 Å². The Morgan fingerprint density at radius 1 is 1.29 bits per heavy atom. The van der Waals surface area contributed by atoms with E-state index in [0.29, 0.717) is 22.8 Å². The number of halogens is 2. The minimum Gasteiger partial charge on any atom is -0.236 e. The molecule has 0 bridgehead atoms. The lowest BCUT2D eigenvalue weighted by molar-refractivity contribution is 0.630. The SMILES string of the molecule is CCc1c(Cl)ncnc1-c1cc(C)ccc1F. The van der Waals surface area contributed by atoms with Crippen molar-refractivity contribution in [2.75, 3.05) is 0 Å². The summed E-state index contributed by atoms with van der Waals surface area (Å²) in [6, 6.07) is 4.94. The zero-order chi connectivity index (χ0) is 12.4. The van der Waals surface area contributed by atoms with Gasteiger partial charge < -0.3 is 0 Å². The van der Waals surface area contributed by atoms with Crippen LogP contribution in [-0.2, 0) is 6.42 Å². The number of aromatic nitrogens is 2. The second-order valence-corrected chi connectivity index (χ2v) is 4.19. The van der Waals surface area contributed by atoms with Crippen LogP contribution in [0.5, 0.6) is 0 Å². The lowest BCUT2D eigenvalue weighted by Gasteiger charge is -2.09. The third-order valence-electron chi connectivity index (χ3n) is 2.62. The highest BCUT2D eigenvalue weighted by atomic mass is 35.5. The van der Waals surface area contributed by atoms with E-state index in [4.69, 9.17) is 11.6 Å². The first-order chi connectivity index (χ1) is 8.13. The van der Waals surface area contributed by atoms with E-state index >= 15 is 0 Å². The van der Waals surface area contributed by atoms with E-state index < -0.39 is 0 Å². The second-order valence-electron chi connectivity index (χ2n) is 3.83. The average Bonchev–Trinajstić information content (AvgIpc) is 2.32. The van der Waals surface area contributed by atoms with Gasteiger partial charge in [-0.05, 0) is 25.5 Å². The quantitative estimate of drug-likeness (QED) is 0.758. The molecule has 0 aliphatic rings. The Morgan fingerprint density at radius 2 is 2.06 bits per heavy atom. The molecule has 0 aliphatic carbocycles. The van der Waals surface area contributed by atoms with Crippen LogP contribution in [0.2, 0.25) is 5.15 Å². The van der Waals surface area contributed by atoms with E-state index in [9.17, 15) is 4.39 Å². The first-order valence-electron chi connectivity index (χ1n) is 5.39. The third-order valence-corrected chi connectivity index (χ3v) is 2.95. The Balaban J connectivity index is 2.68. The Hall–Kier alpha value is -1.48. The summed E-state index contributed by atoms with van der Waals surface area (Å²) in [4.78, 5) is 8.07. The van der Waals surface area contributed by atoms with Gasteiger partial charge in [-0.2, -0.15) is 0 Å². The lowest BCUT2D eigenvalue weighted by atomic mass is 10.0. The molecule has 1 heterocycles. The van der Waals surface area contributed by atoms with Crippen LogP contribution in [0.15, 0.2) is 24.5 Å². The molecular weight excluding hydrogens is 239 g/mol. The minimum atomic E-state index is -0.292. The number of rotatable bonds is 2. The molecule has 88 valence electrons. The summed E-state index contributed by atoms with van der Waals surface area (Å²) in [5.41, 5.74) is 2.82. The van der Waals surface area contributed by atoms with E-state index in [1.54, 1.807) is 12.1 Å². The number of hydrogen-bond donors (Lipinski definition) is 0. The van der Waals surface area contributed by atoms with Crippen LogP contribution in [0, 0.1) is 12.7 Å². The van der Waals surface area contributed by atoms with Crippen molar-refractivity contribution in [2.45, 2.75) is 20.3 Å². The highest BCUT2D eigenvalue weighted by Crippen LogP contribution is 2.28. The number of aryl methyl sites for hydroxylation is 1. The summed E-state index contributed by atoms with van der Waals surface area (Å²) >= 11 is 6.00. The molecule has 17 heavy (non-hydrogen) atoms. The molecular formula is C13H12ClFN2. The lowest BCUT2D eigenvalue weighted by Crippen LogP contribution is -1.97. The average molecular weight is 251 g/mol. The monoisotopic (exact) mass is 250 g/mol. The molecule has 2 nitrogen and oxygen atoms in total. The van der Waals surface area contributed by atoms with Gasteiger partial charge in [0.15, 0.2) is 0 Å². The Morgan fingerprint density at radius 3 is 2.76 bits per heavy atom. The van der Waals surface area contributed by atoms with Crippen LogP contribution in [0.4, 0.5) is 4.39 Å². The zero-order valence-electron chi connectivity index (χ0n) is 9.67. The van der Waals surface area contributed by atoms with Gasteiger partial charge in [0.25, 0.3) is 0 Å². The van der Waals surface area contributed by atoms with Gasteiger partial charge >= 0.3 is 0 Å². The minimum absolute atomic E-state index is 0.292. The number of nitrogens with zero attached hydrogens (tertiary/aromatic N) is 2. The summed E-state index contributed by atoms with van der Waals surface area (Å²) in [7, 11) is 0. The Bertz CT molecular complexity index is 555. The van der Waals surface area contributed by atoms with E-state index in [1.165, 1.54) is 12.4 Å². The van der Waals surface area contributed by atoms with Crippen molar-refractivity contribution in [2.24, 2.45) is 0 Å². The van der Waals surface area contributed by atoms with Gasteiger partial charge in [-0.1, -0.05) is 30.2 Å². The normalized spacial score (nSPS) is 10.6. The van der Waals surface area contributed by atoms with Gasteiger partial charge in [0, 0.05) is 11.1 Å². The van der Waals surface area contributed by atoms with Gasteiger partial charge in [0.1, 0.15) is 17.3 Å². The third kappa shape index (κ3) is 2.29. The summed E-state index contributed by atoms with van der Waals surface area (Å²) in [5, 5.41) is 0.387. The van der Waals surface area contributed by atoms with Crippen molar-refractivity contribution >= 4 is 11.6 Å². The summed E-state index contributed by atoms with van der Waals surface area (Å²) in [6.07, 6.45) is 2.03. The van der Waals surface area contributed by atoms with Gasteiger partial charge in [-0.15, -0.1) is 0 Å². The topological polar surface area (TPSA) is 25.8 Å². The number of benzene rings is 1. The van der Waals surface area contributed by atoms with Crippen LogP contribution < -0.4 is 0 Å². The van der Waals surface area contributed by atoms with Gasteiger partial charge in [0.2, 0.25) is 0 Å². The molecule has 0 saturated heterocycles. The Labute approximate surface area is 104 Å². The molecule has 0 radical (unpaired) electrons. The van der Waals surface area contributed by atoms with E-state index in [0.717, 1.165) is 11.1 Å². The van der Waals surface area contributed by atoms with Crippen LogP contribution >= 0.6 is 11.6 Å². The molecule has 0 spiro atoms. The first kappa shape index (κ1) is 12.0. The summed E-state index contributed by atoms with van der Waals surface area (Å²) < 4.78 is 13.8. The van der Waals surface area contributed by atoms with E-state index in [2.05, 4.69) is 9.97 Å². The maximum Gasteiger partial charge on any atom is 0.136 e. The van der Waals surface area contributed by atoms with Crippen molar-refractivity contribution < 1.29 is 4.39 Å². The summed E-state index contributed by atoms with van der Waals surface area (Å²) in [5.74, 6) is -0.292. The molecule has 0 saturated carbocycles. The predicted octanol–water partition coefficient (Wildman–Crippen LogP) is 3.81. The van der Waals surface area contributed by atoms with Crippen LogP contribution in [-0.4, -0.2) is 9.97 Å². The molecule has 4 heteroatoms. The first-order valence-corrected chi connectivity index (χ1v) is 5.77. The highest BCUT2D eigenvalue weighted by Gasteiger charge is 2.13. The van der Waals surface area contributed by atoms with Crippen molar-refractivity contribution in [1.82, 2.24) is 9.97 Å². The van der Waals surface area contributed by atoms with Crippen molar-refractivity contribution in [3.63, 3.8) is 0 Å². The fourth-order valence-electron chi connectivity index (χ4n) is 1.76. The predicted molar refractivity (Wildman–Crippen MR) is 66.6 cm³/mol. The van der Waals surface area contributed by atoms with Crippen molar-refractivity contribution in [3.05, 3.63) is 46.6 Å². The molecule has 0 atom stereocenters. The number of hydrogen-bond acceptors (Lipinski definition) is 2. The van der Waals surface area contributed by atoms with Gasteiger partial charge in [0.05, 0.1) is 5.69 Å². The largest absolute Gasteiger partial charge is 0.236 e. The van der Waals surface area contributed by atoms with E-state index in [-0.39, 0.29) is 5.82 Å². The maximum absolute atomic E-state index is 13.8. The van der Waals surface area contributed by atoms with Crippen LogP contribution in [0.25, 0.3) is 11.3 Å². The van der Waals surface area contributed by atoms with Crippen molar-refractivity contribution in [1.29, 1.82) is 0 Å². The molecule has 1 aromatic heterocycles. The molecule has 0 aliphatic heterocycles. The molecule has 0 amide bonds. The smallest absolute Gasteiger partial charge is 0.136 e. The fourth-order valence-corrected chi connectivity index (χ4v) is 2.02. The molecule has 2 rings (SSSR count). The fraction of sp³-hybridized carbons (Fsp3) is 0.231. The van der Waals surface area contributed by atoms with Gasteiger partial charge in [-0.3, -0.25) is 0 Å². The Kier molecular flexibility index (Phi) is 3.38. The molecule has 0 unspecified atom stereocenters. The second kappa shape index (κ2) is 4.80. The van der Waals surface area contributed by atoms with Crippen LogP contribution in [0.3, 0.4) is 0 Å². The maximum atomic E-state index is 13.8. The molecule has 0 N–H and O–H groups in total. The summed E-state index contributed by atoms with van der Waals surface area (Å²) in [6.45, 7) is 3.86. The zero-order valence-corrected chi connectivity index (χ0v) is 10.4. The standard InChI is InChI=1S/C13H12ClFN2/c1-3-9-12(16-7-17-13(9)14)10-6-8(2)4-5-11(10)15/h4-7H,3H2,1-2H3. The molecule has 1 aromatic carbocycles. The molecule has 0 fully saturated rings. The van der Waals surface area contributed by atoms with E-state index in [1.807, 2.05) is 13.8 Å². The van der Waals surface area contributed by atoms with Crippen LogP contribution in [0.1, 0.15) is 18.1 Å². The molecule has 2 aromatic rings. The highest BCUT2D eigenvalue weighted by molar-refractivity contribution is 6.30. The van der Waals surface area contributed by atoms with Crippen molar-refractivity contribution in [3.8, 4) is 11.3 Å².